The molecule has 0 bridgehead atoms. The Bertz CT molecular complexity index is 1570. The van der Waals surface area contributed by atoms with Crippen molar-refractivity contribution in [2.45, 2.75) is 76.4 Å². The van der Waals surface area contributed by atoms with Gasteiger partial charge in [-0.15, -0.1) is 0 Å². The van der Waals surface area contributed by atoms with Crippen molar-refractivity contribution in [2.75, 3.05) is 7.05 Å². The van der Waals surface area contributed by atoms with Gasteiger partial charge in [0.1, 0.15) is 23.1 Å². The third kappa shape index (κ3) is 8.61. The van der Waals surface area contributed by atoms with Crippen LogP contribution in [0.25, 0.3) is 0 Å². The standard InChI is InChI=1S/C33H39N5O7S/c1-18-6-8-23(9-7-18)17-34-29(40)25(35-31(42)27(21(4)39)36-30(41)26-16-19(2)45-37-26)15-12-22-10-13-24(14-11-22)20(3)28-32(43)38(5)33(44)46-28/h6-11,13-14,16,20-21,25,27-28,39H,12,15,17H2,1-5H3,(H,34,40)(H,35,42)(H,36,41)/t20?,21-,25+,27+,28?/m1/s1. The number of rotatable bonds is 13. The summed E-state index contributed by atoms with van der Waals surface area (Å²) in [6, 6.07) is 14.3. The highest BCUT2D eigenvalue weighted by atomic mass is 32.2. The van der Waals surface area contributed by atoms with Gasteiger partial charge in [0.15, 0.2) is 5.69 Å². The van der Waals surface area contributed by atoms with Gasteiger partial charge in [-0.1, -0.05) is 77.9 Å². The zero-order chi connectivity index (χ0) is 33.5. The molecule has 0 saturated carbocycles. The van der Waals surface area contributed by atoms with Gasteiger partial charge in [-0.3, -0.25) is 28.9 Å². The molecular formula is C33H39N5O7S. The summed E-state index contributed by atoms with van der Waals surface area (Å²) in [6.07, 6.45) is -0.637. The van der Waals surface area contributed by atoms with E-state index in [4.69, 9.17) is 4.52 Å². The first-order chi connectivity index (χ1) is 21.8. The summed E-state index contributed by atoms with van der Waals surface area (Å²) in [6.45, 7) is 7.10. The van der Waals surface area contributed by atoms with Gasteiger partial charge in [0.05, 0.1) is 6.10 Å². The lowest BCUT2D eigenvalue weighted by Crippen LogP contribution is -2.57. The van der Waals surface area contributed by atoms with E-state index in [9.17, 15) is 29.1 Å². The molecule has 3 aromatic rings. The molecule has 4 rings (SSSR count). The number of thioether (sulfide) groups is 1. The van der Waals surface area contributed by atoms with Crippen LogP contribution in [-0.4, -0.2) is 74.5 Å². The van der Waals surface area contributed by atoms with Gasteiger partial charge < -0.3 is 25.6 Å². The Hall–Kier alpha value is -4.49. The lowest BCUT2D eigenvalue weighted by atomic mass is 9.94. The van der Waals surface area contributed by atoms with E-state index in [0.29, 0.717) is 12.2 Å². The fourth-order valence-electron chi connectivity index (χ4n) is 4.95. The van der Waals surface area contributed by atoms with E-state index in [1.54, 1.807) is 6.92 Å². The molecule has 0 spiro atoms. The highest BCUT2D eigenvalue weighted by Crippen LogP contribution is 2.36. The summed E-state index contributed by atoms with van der Waals surface area (Å²) in [7, 11) is 1.48. The van der Waals surface area contributed by atoms with Crippen molar-refractivity contribution in [3.05, 3.63) is 88.3 Å². The minimum atomic E-state index is -1.36. The number of nitrogens with one attached hydrogen (secondary N) is 3. The first-order valence-electron chi connectivity index (χ1n) is 15.0. The topological polar surface area (TPSA) is 171 Å². The summed E-state index contributed by atoms with van der Waals surface area (Å²) in [4.78, 5) is 65.0. The Balaban J connectivity index is 1.45. The minimum Gasteiger partial charge on any atom is -0.391 e. The fraction of sp³-hybridized carbons (Fsp3) is 0.394. The van der Waals surface area contributed by atoms with Crippen molar-refractivity contribution in [3.8, 4) is 0 Å². The number of amides is 5. The van der Waals surface area contributed by atoms with Crippen LogP contribution in [0.5, 0.6) is 0 Å². The number of nitrogens with zero attached hydrogens (tertiary/aromatic N) is 2. The maximum atomic E-state index is 13.4. The summed E-state index contributed by atoms with van der Waals surface area (Å²) < 4.78 is 4.93. The quantitative estimate of drug-likeness (QED) is 0.217. The minimum absolute atomic E-state index is 0.0457. The summed E-state index contributed by atoms with van der Waals surface area (Å²) in [5.41, 5.74) is 3.72. The highest BCUT2D eigenvalue weighted by molar-refractivity contribution is 8.15. The Labute approximate surface area is 271 Å². The Morgan fingerprint density at radius 3 is 2.20 bits per heavy atom. The lowest BCUT2D eigenvalue weighted by Gasteiger charge is -2.24. The number of aryl methyl sites for hydroxylation is 3. The number of carbonyl (C=O) groups is 5. The number of hydrogen-bond acceptors (Lipinski definition) is 9. The van der Waals surface area contributed by atoms with Crippen molar-refractivity contribution in [3.63, 3.8) is 0 Å². The van der Waals surface area contributed by atoms with Crippen LogP contribution in [0.3, 0.4) is 0 Å². The Morgan fingerprint density at radius 1 is 0.978 bits per heavy atom. The van der Waals surface area contributed by atoms with Crippen LogP contribution in [0.2, 0.25) is 0 Å². The lowest BCUT2D eigenvalue weighted by molar-refractivity contribution is -0.131. The van der Waals surface area contributed by atoms with E-state index in [1.807, 2.05) is 62.4 Å². The van der Waals surface area contributed by atoms with Crippen LogP contribution in [-0.2, 0) is 27.3 Å². The second-order valence-corrected chi connectivity index (χ2v) is 12.6. The number of aromatic nitrogens is 1. The zero-order valence-electron chi connectivity index (χ0n) is 26.4. The number of hydrogen-bond donors (Lipinski definition) is 4. The molecule has 2 aromatic carbocycles. The van der Waals surface area contributed by atoms with E-state index < -0.39 is 41.2 Å². The van der Waals surface area contributed by atoms with Gasteiger partial charge >= 0.3 is 0 Å². The summed E-state index contributed by atoms with van der Waals surface area (Å²) in [5, 5.41) is 21.3. The fourth-order valence-corrected chi connectivity index (χ4v) is 6.04. The first kappa shape index (κ1) is 34.4. The van der Waals surface area contributed by atoms with Crippen molar-refractivity contribution < 1.29 is 33.6 Å². The third-order valence-corrected chi connectivity index (χ3v) is 9.23. The molecular weight excluding hydrogens is 610 g/mol. The van der Waals surface area contributed by atoms with Crippen LogP contribution < -0.4 is 16.0 Å². The zero-order valence-corrected chi connectivity index (χ0v) is 27.2. The van der Waals surface area contributed by atoms with E-state index >= 15 is 0 Å². The molecule has 1 aliphatic heterocycles. The normalized spacial score (nSPS) is 17.3. The molecule has 46 heavy (non-hydrogen) atoms. The van der Waals surface area contributed by atoms with E-state index in [1.165, 1.54) is 20.0 Å². The molecule has 0 aliphatic carbocycles. The second-order valence-electron chi connectivity index (χ2n) is 11.5. The molecule has 1 aromatic heterocycles. The molecule has 13 heteroatoms. The van der Waals surface area contributed by atoms with E-state index in [0.717, 1.165) is 38.9 Å². The Morgan fingerprint density at radius 2 is 1.63 bits per heavy atom. The first-order valence-corrected chi connectivity index (χ1v) is 15.8. The van der Waals surface area contributed by atoms with Gasteiger partial charge in [-0.05, 0) is 50.3 Å². The maximum Gasteiger partial charge on any atom is 0.288 e. The van der Waals surface area contributed by atoms with Crippen LogP contribution >= 0.6 is 11.8 Å². The summed E-state index contributed by atoms with van der Waals surface area (Å²) >= 11 is 1.02. The predicted molar refractivity (Wildman–Crippen MR) is 172 cm³/mol. The number of aliphatic hydroxyl groups excluding tert-OH is 1. The van der Waals surface area contributed by atoms with Crippen LogP contribution in [0.15, 0.2) is 59.1 Å². The number of benzene rings is 2. The van der Waals surface area contributed by atoms with Gasteiger partial charge in [-0.25, -0.2) is 0 Å². The van der Waals surface area contributed by atoms with Crippen LogP contribution in [0.4, 0.5) is 4.79 Å². The molecule has 1 aliphatic rings. The molecule has 5 atom stereocenters. The molecule has 2 heterocycles. The average Bonchev–Trinajstić information content (AvgIpc) is 3.59. The van der Waals surface area contributed by atoms with Crippen molar-refractivity contribution in [2.24, 2.45) is 0 Å². The van der Waals surface area contributed by atoms with Crippen LogP contribution in [0.1, 0.15) is 64.7 Å². The van der Waals surface area contributed by atoms with Crippen molar-refractivity contribution >= 4 is 40.6 Å². The van der Waals surface area contributed by atoms with Gasteiger partial charge in [0, 0.05) is 25.6 Å². The predicted octanol–water partition coefficient (Wildman–Crippen LogP) is 3.00. The SMILES string of the molecule is Cc1ccc(CNC(=O)[C@H](CCc2ccc(C(C)C3SC(=O)N(C)C3=O)cc2)NC(=O)[C@@H](NC(=O)c2cc(C)on2)[C@@H](C)O)cc1. The molecule has 5 amide bonds. The molecule has 2 unspecified atom stereocenters. The number of imide groups is 1. The van der Waals surface area contributed by atoms with E-state index in [2.05, 4.69) is 21.1 Å². The van der Waals surface area contributed by atoms with Crippen molar-refractivity contribution in [1.82, 2.24) is 26.0 Å². The second kappa shape index (κ2) is 15.2. The number of carbonyl (C=O) groups excluding carboxylic acids is 5. The third-order valence-electron chi connectivity index (χ3n) is 7.89. The molecule has 0 radical (unpaired) electrons. The molecule has 12 nitrogen and oxygen atoms in total. The molecule has 1 fully saturated rings. The Kier molecular flexibility index (Phi) is 11.4. The summed E-state index contributed by atoms with van der Waals surface area (Å²) in [5.74, 6) is -1.86. The largest absolute Gasteiger partial charge is 0.391 e. The van der Waals surface area contributed by atoms with E-state index in [-0.39, 0.29) is 35.7 Å². The molecule has 4 N–H and O–H groups in total. The van der Waals surface area contributed by atoms with Crippen LogP contribution in [0, 0.1) is 13.8 Å². The van der Waals surface area contributed by atoms with Gasteiger partial charge in [-0.2, -0.15) is 0 Å². The van der Waals surface area contributed by atoms with Crippen molar-refractivity contribution in [1.29, 1.82) is 0 Å². The smallest absolute Gasteiger partial charge is 0.288 e. The molecule has 1 saturated heterocycles. The average molecular weight is 650 g/mol. The number of aliphatic hydroxyl groups is 1. The highest BCUT2D eigenvalue weighted by Gasteiger charge is 2.40. The monoisotopic (exact) mass is 649 g/mol. The van der Waals surface area contributed by atoms with Gasteiger partial charge in [0.2, 0.25) is 17.7 Å². The molecule has 244 valence electrons. The maximum absolute atomic E-state index is 13.4. The van der Waals surface area contributed by atoms with Gasteiger partial charge in [0.25, 0.3) is 11.1 Å².